The first-order valence-corrected chi connectivity index (χ1v) is 8.06. The summed E-state index contributed by atoms with van der Waals surface area (Å²) in [6.45, 7) is 2.09. The van der Waals surface area contributed by atoms with Crippen LogP contribution in [0.4, 0.5) is 18.9 Å². The topological polar surface area (TPSA) is 49.4 Å². The minimum atomic E-state index is -4.57. The number of hydrogen-bond donors (Lipinski definition) is 1. The van der Waals surface area contributed by atoms with E-state index in [1.54, 1.807) is 12.1 Å². The second kappa shape index (κ2) is 7.13. The lowest BCUT2D eigenvalue weighted by atomic mass is 10.3. The summed E-state index contributed by atoms with van der Waals surface area (Å²) in [6.07, 6.45) is -3.80. The van der Waals surface area contributed by atoms with Gasteiger partial charge in [0, 0.05) is 13.1 Å². The molecule has 1 aromatic rings. The van der Waals surface area contributed by atoms with Gasteiger partial charge < -0.3 is 5.32 Å². The third-order valence-electron chi connectivity index (χ3n) is 2.78. The van der Waals surface area contributed by atoms with Crippen LogP contribution in [-0.2, 0) is 10.0 Å². The zero-order valence-corrected chi connectivity index (χ0v) is 12.8. The maximum Gasteiger partial charge on any atom is 0.402 e. The Labute approximate surface area is 123 Å². The molecule has 0 aliphatic carbocycles. The Morgan fingerprint density at radius 1 is 1.19 bits per heavy atom. The molecule has 0 saturated carbocycles. The fourth-order valence-electron chi connectivity index (χ4n) is 1.80. The van der Waals surface area contributed by atoms with Crippen molar-refractivity contribution in [2.75, 3.05) is 25.0 Å². The molecule has 0 aromatic heterocycles. The minimum Gasteiger partial charge on any atom is -0.384 e. The molecular formula is C13H19F3N2O2S. The van der Waals surface area contributed by atoms with Gasteiger partial charge in [-0.2, -0.15) is 17.5 Å². The van der Waals surface area contributed by atoms with E-state index in [9.17, 15) is 21.6 Å². The van der Waals surface area contributed by atoms with E-state index >= 15 is 0 Å². The van der Waals surface area contributed by atoms with Crippen molar-refractivity contribution in [3.05, 3.63) is 24.3 Å². The van der Waals surface area contributed by atoms with Crippen molar-refractivity contribution >= 4 is 15.7 Å². The molecule has 0 amide bonds. The number of para-hydroxylation sites is 1. The summed E-state index contributed by atoms with van der Waals surface area (Å²) < 4.78 is 62.8. The molecule has 8 heteroatoms. The Bertz CT molecular complexity index is 559. The fraction of sp³-hybridized carbons (Fsp3) is 0.538. The molecule has 0 fully saturated rings. The van der Waals surface area contributed by atoms with E-state index in [1.165, 1.54) is 19.1 Å². The molecule has 0 unspecified atom stereocenters. The number of sulfonamides is 1. The van der Waals surface area contributed by atoms with E-state index in [0.717, 1.165) is 6.42 Å². The van der Waals surface area contributed by atoms with Crippen molar-refractivity contribution in [2.45, 2.75) is 31.3 Å². The van der Waals surface area contributed by atoms with Gasteiger partial charge in [0.15, 0.2) is 0 Å². The van der Waals surface area contributed by atoms with Crippen molar-refractivity contribution in [2.24, 2.45) is 0 Å². The molecule has 1 rings (SSSR count). The number of hydrogen-bond acceptors (Lipinski definition) is 3. The van der Waals surface area contributed by atoms with Crippen LogP contribution in [0.5, 0.6) is 0 Å². The molecular weight excluding hydrogens is 305 g/mol. The smallest absolute Gasteiger partial charge is 0.384 e. The van der Waals surface area contributed by atoms with Crippen molar-refractivity contribution in [1.29, 1.82) is 0 Å². The van der Waals surface area contributed by atoms with Gasteiger partial charge in [-0.05, 0) is 18.6 Å². The zero-order valence-electron chi connectivity index (χ0n) is 11.9. The summed E-state index contributed by atoms with van der Waals surface area (Å²) in [7, 11) is -4.19. The number of nitrogens with one attached hydrogen (secondary N) is 1. The van der Waals surface area contributed by atoms with E-state index in [0.29, 0.717) is 16.5 Å². The van der Waals surface area contributed by atoms with Crippen molar-refractivity contribution in [3.8, 4) is 0 Å². The van der Waals surface area contributed by atoms with Gasteiger partial charge in [-0.25, -0.2) is 8.42 Å². The molecule has 0 bridgehead atoms. The van der Waals surface area contributed by atoms with Crippen LogP contribution in [0, 0.1) is 0 Å². The summed E-state index contributed by atoms with van der Waals surface area (Å²) in [4.78, 5) is -0.135. The first-order chi connectivity index (χ1) is 9.72. The highest BCUT2D eigenvalue weighted by atomic mass is 32.2. The van der Waals surface area contributed by atoms with Gasteiger partial charge in [0.25, 0.3) is 0 Å². The molecule has 4 nitrogen and oxygen atoms in total. The Hall–Kier alpha value is -1.28. The van der Waals surface area contributed by atoms with E-state index in [1.807, 2.05) is 6.92 Å². The molecule has 0 atom stereocenters. The van der Waals surface area contributed by atoms with Crippen molar-refractivity contribution < 1.29 is 21.6 Å². The largest absolute Gasteiger partial charge is 0.402 e. The van der Waals surface area contributed by atoms with Crippen LogP contribution in [0.15, 0.2) is 29.2 Å². The van der Waals surface area contributed by atoms with Gasteiger partial charge in [0.1, 0.15) is 11.4 Å². The minimum absolute atomic E-state index is 0.135. The van der Waals surface area contributed by atoms with E-state index in [-0.39, 0.29) is 11.4 Å². The Morgan fingerprint density at radius 2 is 1.81 bits per heavy atom. The van der Waals surface area contributed by atoms with Gasteiger partial charge in [-0.1, -0.05) is 26.0 Å². The summed E-state index contributed by atoms with van der Waals surface area (Å²) in [5.41, 5.74) is 0.319. The van der Waals surface area contributed by atoms with Gasteiger partial charge >= 0.3 is 6.18 Å². The second-order valence-electron chi connectivity index (χ2n) is 4.47. The fourth-order valence-corrected chi connectivity index (χ4v) is 3.41. The number of rotatable bonds is 7. The Morgan fingerprint density at radius 3 is 2.33 bits per heavy atom. The lowest BCUT2D eigenvalue weighted by molar-refractivity contribution is -0.135. The number of anilines is 1. The van der Waals surface area contributed by atoms with Crippen molar-refractivity contribution in [1.82, 2.24) is 4.31 Å². The van der Waals surface area contributed by atoms with Crippen LogP contribution in [0.3, 0.4) is 0 Å². The summed E-state index contributed by atoms with van der Waals surface area (Å²) in [5, 5.41) is 2.92. The number of halogens is 3. The van der Waals surface area contributed by atoms with E-state index in [2.05, 4.69) is 5.32 Å². The standard InChI is InChI=1S/C13H19F3N2O2S/c1-3-9-17-11-7-5-6-8-12(11)21(19,20)18(4-2)10-13(14,15)16/h5-8,17H,3-4,9-10H2,1-2H3. The molecule has 1 N–H and O–H groups in total. The second-order valence-corrected chi connectivity index (χ2v) is 6.38. The first-order valence-electron chi connectivity index (χ1n) is 6.62. The highest BCUT2D eigenvalue weighted by Crippen LogP contribution is 2.27. The van der Waals surface area contributed by atoms with E-state index in [4.69, 9.17) is 0 Å². The van der Waals surface area contributed by atoms with Crippen LogP contribution in [-0.4, -0.2) is 38.5 Å². The first kappa shape index (κ1) is 17.8. The quantitative estimate of drug-likeness (QED) is 0.838. The van der Waals surface area contributed by atoms with Crippen LogP contribution in [0.2, 0.25) is 0 Å². The van der Waals surface area contributed by atoms with Crippen LogP contribution in [0.1, 0.15) is 20.3 Å². The molecule has 0 saturated heterocycles. The summed E-state index contributed by atoms with van der Waals surface area (Å²) in [6, 6.07) is 5.98. The Balaban J connectivity index is 3.16. The Kier molecular flexibility index (Phi) is 6.03. The van der Waals surface area contributed by atoms with Gasteiger partial charge in [0.2, 0.25) is 10.0 Å². The molecule has 0 heterocycles. The predicted octanol–water partition coefficient (Wildman–Crippen LogP) is 3.08. The van der Waals surface area contributed by atoms with Crippen molar-refractivity contribution in [3.63, 3.8) is 0 Å². The predicted molar refractivity (Wildman–Crippen MR) is 75.7 cm³/mol. The molecule has 0 aliphatic rings. The molecule has 0 spiro atoms. The third kappa shape index (κ3) is 4.89. The number of alkyl halides is 3. The highest BCUT2D eigenvalue weighted by molar-refractivity contribution is 7.89. The molecule has 1 aromatic carbocycles. The van der Waals surface area contributed by atoms with Gasteiger partial charge in [-0.15, -0.1) is 0 Å². The third-order valence-corrected chi connectivity index (χ3v) is 4.76. The zero-order chi connectivity index (χ0) is 16.1. The molecule has 120 valence electrons. The van der Waals surface area contributed by atoms with Crippen LogP contribution in [0.25, 0.3) is 0 Å². The maximum atomic E-state index is 12.5. The summed E-state index contributed by atoms with van der Waals surface area (Å²) in [5.74, 6) is 0. The SMILES string of the molecule is CCCNc1ccccc1S(=O)(=O)N(CC)CC(F)(F)F. The number of benzene rings is 1. The maximum absolute atomic E-state index is 12.5. The van der Waals surface area contributed by atoms with E-state index < -0.39 is 22.7 Å². The molecule has 0 radical (unpaired) electrons. The number of nitrogens with zero attached hydrogens (tertiary/aromatic N) is 1. The highest BCUT2D eigenvalue weighted by Gasteiger charge is 2.36. The summed E-state index contributed by atoms with van der Waals surface area (Å²) >= 11 is 0. The lowest BCUT2D eigenvalue weighted by Gasteiger charge is -2.23. The monoisotopic (exact) mass is 324 g/mol. The molecule has 21 heavy (non-hydrogen) atoms. The van der Waals surface area contributed by atoms with Gasteiger partial charge in [0.05, 0.1) is 5.69 Å². The lowest BCUT2D eigenvalue weighted by Crippen LogP contribution is -2.39. The normalized spacial score (nSPS) is 12.7. The average Bonchev–Trinajstić information content (AvgIpc) is 2.41. The van der Waals surface area contributed by atoms with Gasteiger partial charge in [-0.3, -0.25) is 0 Å². The average molecular weight is 324 g/mol. The van der Waals surface area contributed by atoms with Crippen LogP contribution >= 0.6 is 0 Å². The van der Waals surface area contributed by atoms with Crippen LogP contribution < -0.4 is 5.32 Å². The molecule has 0 aliphatic heterocycles.